The van der Waals surface area contributed by atoms with Crippen LogP contribution >= 0.6 is 11.6 Å². The van der Waals surface area contributed by atoms with Crippen LogP contribution < -0.4 is 10.8 Å². The molecule has 0 saturated carbocycles. The van der Waals surface area contributed by atoms with Crippen molar-refractivity contribution in [2.45, 2.75) is 19.6 Å². The van der Waals surface area contributed by atoms with Gasteiger partial charge >= 0.3 is 7.12 Å². The van der Waals surface area contributed by atoms with Crippen molar-refractivity contribution in [3.8, 4) is 0 Å². The minimum atomic E-state index is -1.73. The van der Waals surface area contributed by atoms with Crippen molar-refractivity contribution >= 4 is 30.1 Å². The second-order valence-electron chi connectivity index (χ2n) is 6.08. The number of ether oxygens (including phenoxy) is 2. The summed E-state index contributed by atoms with van der Waals surface area (Å²) in [7, 11) is 1.57. The molecule has 0 aliphatic carbocycles. The number of hydrogen-bond acceptors (Lipinski definition) is 5. The normalized spacial score (nSPS) is 10.7. The highest BCUT2D eigenvalue weighted by Gasteiger charge is 2.17. The predicted octanol–water partition coefficient (Wildman–Crippen LogP) is 1.29. The Morgan fingerprint density at radius 1 is 1.07 bits per heavy atom. The summed E-state index contributed by atoms with van der Waals surface area (Å²) in [5, 5.41) is 21.6. The fraction of sp³-hybridized carbons (Fsp3) is 0.316. The lowest BCUT2D eigenvalue weighted by Crippen LogP contribution is -2.33. The third-order valence-corrected chi connectivity index (χ3v) is 4.45. The summed E-state index contributed by atoms with van der Waals surface area (Å²) in [5.74, 6) is -0.304. The number of hydrogen-bond donors (Lipinski definition) is 3. The number of nitrogens with one attached hydrogen (secondary N) is 1. The van der Waals surface area contributed by atoms with Crippen LogP contribution in [0.15, 0.2) is 36.4 Å². The topological polar surface area (TPSA) is 88.0 Å². The number of halogens is 1. The van der Waals surface area contributed by atoms with Crippen molar-refractivity contribution in [2.75, 3.05) is 20.8 Å². The smallest absolute Gasteiger partial charge is 0.423 e. The van der Waals surface area contributed by atoms with E-state index in [2.05, 4.69) is 5.32 Å². The molecule has 144 valence electrons. The molecule has 0 aliphatic heterocycles. The van der Waals surface area contributed by atoms with Gasteiger partial charge in [0.25, 0.3) is 5.91 Å². The standard InChI is InChI=1S/C19H23BClNO5/c1-26-11-15-4-3-13(9-16(15)12-27-2)7-8-22-19(23)14-5-6-18(21)17(10-14)20(24)25/h3-6,9-10,24-25H,7-8,11-12H2,1-2H3,(H,22,23). The summed E-state index contributed by atoms with van der Waals surface area (Å²) in [4.78, 5) is 12.3. The molecule has 0 radical (unpaired) electrons. The van der Waals surface area contributed by atoms with Crippen LogP contribution in [0.3, 0.4) is 0 Å². The Kier molecular flexibility index (Phi) is 8.28. The zero-order chi connectivity index (χ0) is 19.8. The van der Waals surface area contributed by atoms with Gasteiger partial charge in [-0.15, -0.1) is 0 Å². The number of carbonyl (C=O) groups excluding carboxylic acids is 1. The van der Waals surface area contributed by atoms with Crippen LogP contribution in [0.25, 0.3) is 0 Å². The van der Waals surface area contributed by atoms with Gasteiger partial charge in [0.2, 0.25) is 0 Å². The van der Waals surface area contributed by atoms with E-state index in [0.29, 0.717) is 31.7 Å². The first-order valence-electron chi connectivity index (χ1n) is 8.48. The van der Waals surface area contributed by atoms with Gasteiger partial charge in [-0.25, -0.2) is 0 Å². The van der Waals surface area contributed by atoms with E-state index in [0.717, 1.165) is 16.7 Å². The molecule has 27 heavy (non-hydrogen) atoms. The van der Waals surface area contributed by atoms with Crippen LogP contribution in [-0.4, -0.2) is 43.8 Å². The molecule has 0 atom stereocenters. The third kappa shape index (κ3) is 6.05. The zero-order valence-electron chi connectivity index (χ0n) is 15.4. The third-order valence-electron chi connectivity index (χ3n) is 4.11. The summed E-state index contributed by atoms with van der Waals surface area (Å²) >= 11 is 5.89. The first-order chi connectivity index (χ1) is 13.0. The van der Waals surface area contributed by atoms with E-state index in [4.69, 9.17) is 21.1 Å². The second kappa shape index (κ2) is 10.4. The molecular weight excluding hydrogens is 368 g/mol. The number of rotatable bonds is 9. The predicted molar refractivity (Wildman–Crippen MR) is 105 cm³/mol. The molecule has 6 nitrogen and oxygen atoms in total. The van der Waals surface area contributed by atoms with Crippen molar-refractivity contribution in [1.29, 1.82) is 0 Å². The Labute approximate surface area is 164 Å². The maximum atomic E-state index is 12.3. The number of carbonyl (C=O) groups is 1. The van der Waals surface area contributed by atoms with E-state index in [1.807, 2.05) is 18.2 Å². The Bertz CT molecular complexity index is 785. The molecule has 3 N–H and O–H groups in total. The van der Waals surface area contributed by atoms with Crippen LogP contribution in [-0.2, 0) is 29.1 Å². The van der Waals surface area contributed by atoms with Crippen molar-refractivity contribution in [3.63, 3.8) is 0 Å². The average Bonchev–Trinajstić information content (AvgIpc) is 2.64. The molecule has 0 spiro atoms. The lowest BCUT2D eigenvalue weighted by molar-refractivity contribution is 0.0954. The summed E-state index contributed by atoms with van der Waals surface area (Å²) in [5.41, 5.74) is 3.62. The lowest BCUT2D eigenvalue weighted by Gasteiger charge is -2.12. The SMILES string of the molecule is COCc1ccc(CCNC(=O)c2ccc(Cl)c(B(O)O)c2)cc1COC. The fourth-order valence-corrected chi connectivity index (χ4v) is 2.94. The van der Waals surface area contributed by atoms with Gasteiger partial charge in [0.15, 0.2) is 0 Å². The molecule has 0 bridgehead atoms. The summed E-state index contributed by atoms with van der Waals surface area (Å²) in [6.07, 6.45) is 0.652. The van der Waals surface area contributed by atoms with Gasteiger partial charge in [-0.1, -0.05) is 29.8 Å². The Hall–Kier alpha value is -1.90. The van der Waals surface area contributed by atoms with Gasteiger partial charge in [-0.2, -0.15) is 0 Å². The largest absolute Gasteiger partial charge is 0.489 e. The molecule has 0 fully saturated rings. The van der Waals surface area contributed by atoms with Crippen LogP contribution in [0.2, 0.25) is 5.02 Å². The molecule has 2 rings (SSSR count). The van der Waals surface area contributed by atoms with Gasteiger partial charge in [0.05, 0.1) is 13.2 Å². The Morgan fingerprint density at radius 3 is 2.44 bits per heavy atom. The van der Waals surface area contributed by atoms with E-state index in [-0.39, 0.29) is 16.4 Å². The van der Waals surface area contributed by atoms with Crippen LogP contribution in [0.5, 0.6) is 0 Å². The quantitative estimate of drug-likeness (QED) is 0.561. The van der Waals surface area contributed by atoms with E-state index < -0.39 is 7.12 Å². The molecule has 2 aromatic rings. The van der Waals surface area contributed by atoms with Crippen molar-refractivity contribution in [2.24, 2.45) is 0 Å². The monoisotopic (exact) mass is 391 g/mol. The average molecular weight is 392 g/mol. The van der Waals surface area contributed by atoms with Crippen molar-refractivity contribution in [1.82, 2.24) is 5.32 Å². The van der Waals surface area contributed by atoms with Gasteiger partial charge in [0.1, 0.15) is 0 Å². The molecule has 0 aromatic heterocycles. The molecule has 0 heterocycles. The molecule has 2 aromatic carbocycles. The molecule has 1 amide bonds. The zero-order valence-corrected chi connectivity index (χ0v) is 16.1. The van der Waals surface area contributed by atoms with Crippen molar-refractivity contribution in [3.05, 3.63) is 63.7 Å². The molecule has 0 aliphatic rings. The second-order valence-corrected chi connectivity index (χ2v) is 6.49. The lowest BCUT2D eigenvalue weighted by atomic mass is 9.79. The van der Waals surface area contributed by atoms with Crippen molar-refractivity contribution < 1.29 is 24.3 Å². The van der Waals surface area contributed by atoms with E-state index in [9.17, 15) is 14.8 Å². The van der Waals surface area contributed by atoms with Gasteiger partial charge in [0, 0.05) is 36.8 Å². The summed E-state index contributed by atoms with van der Waals surface area (Å²) in [6.45, 7) is 1.45. The van der Waals surface area contributed by atoms with Crippen LogP contribution in [0.4, 0.5) is 0 Å². The number of benzene rings is 2. The van der Waals surface area contributed by atoms with Crippen LogP contribution in [0, 0.1) is 0 Å². The summed E-state index contributed by atoms with van der Waals surface area (Å²) in [6, 6.07) is 10.4. The van der Waals surface area contributed by atoms with Gasteiger partial charge < -0.3 is 24.8 Å². The molecule has 8 heteroatoms. The van der Waals surface area contributed by atoms with E-state index in [1.165, 1.54) is 12.1 Å². The fourth-order valence-electron chi connectivity index (χ4n) is 2.73. The first kappa shape index (κ1) is 21.4. The van der Waals surface area contributed by atoms with E-state index in [1.54, 1.807) is 20.3 Å². The number of amides is 1. The Morgan fingerprint density at radius 2 is 1.78 bits per heavy atom. The Balaban J connectivity index is 1.98. The first-order valence-corrected chi connectivity index (χ1v) is 8.86. The van der Waals surface area contributed by atoms with Crippen LogP contribution in [0.1, 0.15) is 27.0 Å². The van der Waals surface area contributed by atoms with Gasteiger partial charge in [-0.3, -0.25) is 4.79 Å². The summed E-state index contributed by atoms with van der Waals surface area (Å²) < 4.78 is 10.4. The highest BCUT2D eigenvalue weighted by Crippen LogP contribution is 2.15. The van der Waals surface area contributed by atoms with Gasteiger partial charge in [-0.05, 0) is 41.3 Å². The highest BCUT2D eigenvalue weighted by molar-refractivity contribution is 6.62. The maximum Gasteiger partial charge on any atom is 0.489 e. The molecular formula is C19H23BClNO5. The molecule has 0 saturated heterocycles. The highest BCUT2D eigenvalue weighted by atomic mass is 35.5. The minimum Gasteiger partial charge on any atom is -0.423 e. The maximum absolute atomic E-state index is 12.3. The number of methoxy groups -OCH3 is 2. The van der Waals surface area contributed by atoms with E-state index >= 15 is 0 Å². The molecule has 0 unspecified atom stereocenters. The minimum absolute atomic E-state index is 0.0993.